The van der Waals surface area contributed by atoms with E-state index in [0.717, 1.165) is 18.4 Å². The molecule has 0 N–H and O–H groups in total. The van der Waals surface area contributed by atoms with Gasteiger partial charge in [-0.1, -0.05) is 25.5 Å². The van der Waals surface area contributed by atoms with E-state index in [1.165, 1.54) is 36.4 Å². The van der Waals surface area contributed by atoms with Crippen LogP contribution in [0.1, 0.15) is 34.8 Å². The van der Waals surface area contributed by atoms with Gasteiger partial charge in [-0.25, -0.2) is 13.6 Å². The first-order valence-corrected chi connectivity index (χ1v) is 8.16. The number of nitriles is 1. The minimum atomic E-state index is -0.820. The Morgan fingerprint density at radius 3 is 2.62 bits per heavy atom. The van der Waals surface area contributed by atoms with Crippen LogP contribution >= 0.6 is 0 Å². The van der Waals surface area contributed by atoms with Gasteiger partial charge in [0.1, 0.15) is 23.5 Å². The summed E-state index contributed by atoms with van der Waals surface area (Å²) >= 11 is 0. The van der Waals surface area contributed by atoms with E-state index >= 15 is 0 Å². The number of esters is 1. The third-order valence-electron chi connectivity index (χ3n) is 4.05. The average molecular weight is 351 g/mol. The maximum absolute atomic E-state index is 14.1. The number of aryl methyl sites for hydroxylation is 1. The summed E-state index contributed by atoms with van der Waals surface area (Å²) in [6, 6.07) is 13.4. The second-order valence-electron chi connectivity index (χ2n) is 5.88. The van der Waals surface area contributed by atoms with Gasteiger partial charge in [0.2, 0.25) is 0 Å². The van der Waals surface area contributed by atoms with E-state index in [4.69, 9.17) is 10.00 Å². The number of halogens is 2. The van der Waals surface area contributed by atoms with Crippen LogP contribution in [-0.2, 0) is 6.42 Å². The smallest absolute Gasteiger partial charge is 0.346 e. The molecule has 0 fully saturated rings. The van der Waals surface area contributed by atoms with Gasteiger partial charge in [-0.2, -0.15) is 5.26 Å². The van der Waals surface area contributed by atoms with Gasteiger partial charge in [-0.15, -0.1) is 0 Å². The first kappa shape index (κ1) is 17.6. The molecule has 0 unspecified atom stereocenters. The van der Waals surface area contributed by atoms with Gasteiger partial charge in [0.05, 0.1) is 11.1 Å². The zero-order chi connectivity index (χ0) is 18.7. The van der Waals surface area contributed by atoms with Crippen molar-refractivity contribution in [3.8, 4) is 11.8 Å². The van der Waals surface area contributed by atoms with E-state index in [2.05, 4.69) is 0 Å². The van der Waals surface area contributed by atoms with Crippen molar-refractivity contribution in [1.29, 1.82) is 5.26 Å². The average Bonchev–Trinajstić information content (AvgIpc) is 2.62. The molecule has 0 aromatic heterocycles. The van der Waals surface area contributed by atoms with Gasteiger partial charge in [-0.05, 0) is 53.8 Å². The molecule has 0 saturated heterocycles. The number of hydrogen-bond donors (Lipinski definition) is 0. The molecule has 3 aromatic rings. The molecule has 130 valence electrons. The Bertz CT molecular complexity index is 1040. The molecule has 5 heteroatoms. The van der Waals surface area contributed by atoms with Gasteiger partial charge in [0.15, 0.2) is 0 Å². The molecule has 0 saturated carbocycles. The number of nitrogens with zero attached hydrogens (tertiary/aromatic N) is 1. The quantitative estimate of drug-likeness (QED) is 0.482. The zero-order valence-corrected chi connectivity index (χ0v) is 14.1. The summed E-state index contributed by atoms with van der Waals surface area (Å²) < 4.78 is 33.5. The lowest BCUT2D eigenvalue weighted by Gasteiger charge is -2.08. The Labute approximate surface area is 149 Å². The highest BCUT2D eigenvalue weighted by atomic mass is 19.1. The van der Waals surface area contributed by atoms with Crippen LogP contribution in [-0.4, -0.2) is 5.97 Å². The first-order valence-electron chi connectivity index (χ1n) is 8.16. The van der Waals surface area contributed by atoms with Crippen LogP contribution in [0.5, 0.6) is 5.75 Å². The second kappa shape index (κ2) is 7.32. The zero-order valence-electron chi connectivity index (χ0n) is 14.1. The van der Waals surface area contributed by atoms with Crippen molar-refractivity contribution in [2.75, 3.05) is 0 Å². The maximum Gasteiger partial charge on any atom is 0.346 e. The summed E-state index contributed by atoms with van der Waals surface area (Å²) in [6.07, 6.45) is 1.61. The van der Waals surface area contributed by atoms with Crippen LogP contribution in [0.2, 0.25) is 0 Å². The fraction of sp³-hybridized carbons (Fsp3) is 0.143. The molecular weight excluding hydrogens is 336 g/mol. The van der Waals surface area contributed by atoms with Gasteiger partial charge >= 0.3 is 5.97 Å². The standard InChI is InChI=1S/C21H15F2NO2/c1-2-3-13-4-8-18(19(22)10-13)21(25)26-16-7-9-17-14(11-16)5-6-15(12-24)20(17)23/h4-11H,2-3H2,1H3. The molecule has 0 aliphatic rings. The van der Waals surface area contributed by atoms with Gasteiger partial charge < -0.3 is 4.74 Å². The molecule has 3 rings (SSSR count). The lowest BCUT2D eigenvalue weighted by atomic mass is 10.1. The Kier molecular flexibility index (Phi) is 4.94. The molecule has 0 aliphatic heterocycles. The second-order valence-corrected chi connectivity index (χ2v) is 5.88. The number of rotatable bonds is 4. The summed E-state index contributed by atoms with van der Waals surface area (Å²) in [5.74, 6) is -1.91. The molecule has 3 nitrogen and oxygen atoms in total. The van der Waals surface area contributed by atoms with Crippen LogP contribution in [0.15, 0.2) is 48.5 Å². The Balaban J connectivity index is 1.87. The Morgan fingerprint density at radius 1 is 1.12 bits per heavy atom. The number of carbonyl (C=O) groups excluding carboxylic acids is 1. The fourth-order valence-corrected chi connectivity index (χ4v) is 2.75. The van der Waals surface area contributed by atoms with Gasteiger partial charge in [0, 0.05) is 5.39 Å². The van der Waals surface area contributed by atoms with Crippen LogP contribution in [0.4, 0.5) is 8.78 Å². The van der Waals surface area contributed by atoms with Crippen molar-refractivity contribution in [2.24, 2.45) is 0 Å². The number of hydrogen-bond acceptors (Lipinski definition) is 3. The fourth-order valence-electron chi connectivity index (χ4n) is 2.75. The van der Waals surface area contributed by atoms with E-state index in [1.807, 2.05) is 6.92 Å². The van der Waals surface area contributed by atoms with Gasteiger partial charge in [0.25, 0.3) is 0 Å². The molecular formula is C21H15F2NO2. The monoisotopic (exact) mass is 351 g/mol. The Morgan fingerprint density at radius 2 is 1.92 bits per heavy atom. The van der Waals surface area contributed by atoms with Crippen LogP contribution in [0.25, 0.3) is 10.8 Å². The van der Waals surface area contributed by atoms with Crippen molar-refractivity contribution < 1.29 is 18.3 Å². The predicted molar refractivity (Wildman–Crippen MR) is 94.0 cm³/mol. The van der Waals surface area contributed by atoms with E-state index in [0.29, 0.717) is 5.39 Å². The molecule has 0 heterocycles. The number of ether oxygens (including phenoxy) is 1. The molecule has 0 aliphatic carbocycles. The predicted octanol–water partition coefficient (Wildman–Crippen LogP) is 5.16. The van der Waals surface area contributed by atoms with Crippen LogP contribution in [0, 0.1) is 23.0 Å². The molecule has 3 aromatic carbocycles. The maximum atomic E-state index is 14.1. The largest absolute Gasteiger partial charge is 0.423 e. The van der Waals surface area contributed by atoms with E-state index in [-0.39, 0.29) is 22.3 Å². The SMILES string of the molecule is CCCc1ccc(C(=O)Oc2ccc3c(F)c(C#N)ccc3c2)c(F)c1. The van der Waals surface area contributed by atoms with Gasteiger partial charge in [-0.3, -0.25) is 0 Å². The molecule has 0 atom stereocenters. The Hall–Kier alpha value is -3.26. The molecule has 0 amide bonds. The summed E-state index contributed by atoms with van der Waals surface area (Å²) in [4.78, 5) is 12.2. The van der Waals surface area contributed by atoms with Crippen molar-refractivity contribution in [2.45, 2.75) is 19.8 Å². The highest BCUT2D eigenvalue weighted by Gasteiger charge is 2.15. The number of carbonyl (C=O) groups is 1. The topological polar surface area (TPSA) is 50.1 Å². The number of benzene rings is 3. The van der Waals surface area contributed by atoms with Crippen molar-refractivity contribution >= 4 is 16.7 Å². The van der Waals surface area contributed by atoms with E-state index in [9.17, 15) is 13.6 Å². The third kappa shape index (κ3) is 3.40. The highest BCUT2D eigenvalue weighted by molar-refractivity contribution is 5.92. The third-order valence-corrected chi connectivity index (χ3v) is 4.05. The van der Waals surface area contributed by atoms with E-state index < -0.39 is 17.6 Å². The summed E-state index contributed by atoms with van der Waals surface area (Å²) in [5.41, 5.74) is 0.600. The normalized spacial score (nSPS) is 10.5. The van der Waals surface area contributed by atoms with Crippen molar-refractivity contribution in [3.05, 3.63) is 76.9 Å². The number of fused-ring (bicyclic) bond motifs is 1. The first-order chi connectivity index (χ1) is 12.5. The molecule has 26 heavy (non-hydrogen) atoms. The van der Waals surface area contributed by atoms with Crippen LogP contribution < -0.4 is 4.74 Å². The van der Waals surface area contributed by atoms with E-state index in [1.54, 1.807) is 18.2 Å². The molecule has 0 bridgehead atoms. The minimum Gasteiger partial charge on any atom is -0.423 e. The van der Waals surface area contributed by atoms with Crippen molar-refractivity contribution in [3.63, 3.8) is 0 Å². The van der Waals surface area contributed by atoms with Crippen LogP contribution in [0.3, 0.4) is 0 Å². The minimum absolute atomic E-state index is 0.0588. The summed E-state index contributed by atoms with van der Waals surface area (Å²) in [6.45, 7) is 1.99. The molecule has 0 spiro atoms. The lowest BCUT2D eigenvalue weighted by Crippen LogP contribution is -2.11. The molecule has 0 radical (unpaired) electrons. The van der Waals surface area contributed by atoms with Crippen molar-refractivity contribution in [1.82, 2.24) is 0 Å². The summed E-state index contributed by atoms with van der Waals surface area (Å²) in [7, 11) is 0. The lowest BCUT2D eigenvalue weighted by molar-refractivity contribution is 0.0730. The highest BCUT2D eigenvalue weighted by Crippen LogP contribution is 2.26. The summed E-state index contributed by atoms with van der Waals surface area (Å²) in [5, 5.41) is 9.59.